The van der Waals surface area contributed by atoms with Gasteiger partial charge in [-0.15, -0.1) is 0 Å². The second-order valence-electron chi connectivity index (χ2n) is 4.80. The molecule has 5 atom stereocenters. The third kappa shape index (κ3) is 3.73. The molecule has 1 aliphatic heterocycles. The number of hydrogen-bond acceptors (Lipinski definition) is 8. The van der Waals surface area contributed by atoms with Gasteiger partial charge in [-0.25, -0.2) is 0 Å². The number of rotatable bonds is 5. The quantitative estimate of drug-likeness (QED) is 0.400. The van der Waals surface area contributed by atoms with Crippen LogP contribution in [0, 0.1) is 0 Å². The molecule has 1 saturated heterocycles. The van der Waals surface area contributed by atoms with E-state index in [1.807, 2.05) is 0 Å². The lowest BCUT2D eigenvalue weighted by Crippen LogP contribution is -2.60. The topological polar surface area (TPSA) is 121 Å². The lowest BCUT2D eigenvalue weighted by molar-refractivity contribution is -0.277. The summed E-state index contributed by atoms with van der Waals surface area (Å²) in [6.45, 7) is -0.503. The van der Waals surface area contributed by atoms with Gasteiger partial charge in [0.1, 0.15) is 37.3 Å². The average molecular weight is 313 g/mol. The monoisotopic (exact) mass is 313 g/mol. The fourth-order valence-electron chi connectivity index (χ4n) is 2.04. The molecule has 4 N–H and O–H groups in total. The Balaban J connectivity index is 2.04. The van der Waals surface area contributed by atoms with Gasteiger partial charge >= 0.3 is 0 Å². The van der Waals surface area contributed by atoms with E-state index in [0.29, 0.717) is 5.75 Å². The van der Waals surface area contributed by atoms with Crippen LogP contribution in [0.5, 0.6) is 5.75 Å². The van der Waals surface area contributed by atoms with Crippen LogP contribution in [0.4, 0.5) is 0 Å². The molecule has 8 heteroatoms. The number of nitrogens with zero attached hydrogens (tertiary/aromatic N) is 1. The van der Waals surface area contributed by atoms with Gasteiger partial charge in [0.05, 0.1) is 12.8 Å². The number of benzene rings is 1. The Morgan fingerprint density at radius 3 is 2.41 bits per heavy atom. The first-order valence-electron chi connectivity index (χ1n) is 6.70. The second-order valence-corrected chi connectivity index (χ2v) is 4.80. The minimum Gasteiger partial charge on any atom is -0.462 e. The molecule has 122 valence electrons. The molecule has 0 amide bonds. The standard InChI is InChI=1S/C14H19NO7/c1-20-15-6-8-2-4-9(5-3-8)21-14-13(19)12(18)11(17)10(7-16)22-14/h2-6,10-14,16-19H,7H2,1H3/b15-6+/t10-,11-,12+,13-,14-/m1/s1. The molecule has 1 aliphatic rings. The molecule has 1 heterocycles. The predicted molar refractivity (Wildman–Crippen MR) is 75.4 cm³/mol. The van der Waals surface area contributed by atoms with Crippen LogP contribution in [0.15, 0.2) is 29.4 Å². The Morgan fingerprint density at radius 2 is 1.82 bits per heavy atom. The second kappa shape index (κ2) is 7.52. The van der Waals surface area contributed by atoms with Crippen molar-refractivity contribution in [3.8, 4) is 5.75 Å². The summed E-state index contributed by atoms with van der Waals surface area (Å²) in [5.74, 6) is 0.388. The van der Waals surface area contributed by atoms with Crippen LogP contribution in [0.25, 0.3) is 0 Å². The van der Waals surface area contributed by atoms with Gasteiger partial charge in [-0.2, -0.15) is 0 Å². The van der Waals surface area contributed by atoms with Crippen LogP contribution in [0.1, 0.15) is 5.56 Å². The predicted octanol–water partition coefficient (Wildman–Crippen LogP) is -1.15. The summed E-state index contributed by atoms with van der Waals surface area (Å²) < 4.78 is 10.7. The number of ether oxygens (including phenoxy) is 2. The van der Waals surface area contributed by atoms with E-state index >= 15 is 0 Å². The van der Waals surface area contributed by atoms with Crippen LogP contribution in [-0.2, 0) is 9.57 Å². The van der Waals surface area contributed by atoms with E-state index in [1.165, 1.54) is 13.3 Å². The maximum absolute atomic E-state index is 9.87. The summed E-state index contributed by atoms with van der Waals surface area (Å²) in [7, 11) is 1.44. The molecule has 0 spiro atoms. The molecular formula is C14H19NO7. The fraction of sp³-hybridized carbons (Fsp3) is 0.500. The SMILES string of the molecule is CO/N=C/c1ccc(O[C@@H]2O[C@H](CO)[C@@H](O)[C@H](O)[C@H]2O)cc1. The molecule has 1 aromatic rings. The normalized spacial score (nSPS) is 32.1. The van der Waals surface area contributed by atoms with E-state index in [0.717, 1.165) is 5.56 Å². The molecular weight excluding hydrogens is 294 g/mol. The first-order valence-corrected chi connectivity index (χ1v) is 6.70. The van der Waals surface area contributed by atoms with Crippen molar-refractivity contribution in [3.05, 3.63) is 29.8 Å². The fourth-order valence-corrected chi connectivity index (χ4v) is 2.04. The van der Waals surface area contributed by atoms with E-state index in [-0.39, 0.29) is 0 Å². The van der Waals surface area contributed by atoms with Crippen molar-refractivity contribution in [2.75, 3.05) is 13.7 Å². The molecule has 22 heavy (non-hydrogen) atoms. The van der Waals surface area contributed by atoms with Gasteiger partial charge in [0.25, 0.3) is 0 Å². The van der Waals surface area contributed by atoms with E-state index in [2.05, 4.69) is 9.99 Å². The highest BCUT2D eigenvalue weighted by Gasteiger charge is 2.44. The lowest BCUT2D eigenvalue weighted by atomic mass is 9.99. The van der Waals surface area contributed by atoms with Gasteiger partial charge in [-0.05, 0) is 29.8 Å². The highest BCUT2D eigenvalue weighted by molar-refractivity contribution is 5.79. The Bertz CT molecular complexity index is 490. The molecule has 8 nitrogen and oxygen atoms in total. The Labute approximate surface area is 127 Å². The van der Waals surface area contributed by atoms with Crippen LogP contribution < -0.4 is 4.74 Å². The number of oxime groups is 1. The molecule has 0 unspecified atom stereocenters. The zero-order chi connectivity index (χ0) is 16.1. The minimum absolute atomic E-state index is 0.388. The molecule has 0 bridgehead atoms. The van der Waals surface area contributed by atoms with Crippen molar-refractivity contribution in [1.29, 1.82) is 0 Å². The van der Waals surface area contributed by atoms with Crippen LogP contribution in [-0.4, -0.2) is 71.1 Å². The minimum atomic E-state index is -1.47. The molecule has 0 saturated carbocycles. The lowest BCUT2D eigenvalue weighted by Gasteiger charge is -2.39. The molecule has 0 radical (unpaired) electrons. The van der Waals surface area contributed by atoms with Crippen molar-refractivity contribution in [3.63, 3.8) is 0 Å². The van der Waals surface area contributed by atoms with Crippen molar-refractivity contribution >= 4 is 6.21 Å². The Morgan fingerprint density at radius 1 is 1.14 bits per heavy atom. The van der Waals surface area contributed by atoms with Gasteiger partial charge in [0.15, 0.2) is 0 Å². The summed E-state index contributed by atoms with van der Waals surface area (Å²) >= 11 is 0. The maximum atomic E-state index is 9.87. The maximum Gasteiger partial charge on any atom is 0.229 e. The molecule has 1 aromatic carbocycles. The molecule has 0 aliphatic carbocycles. The van der Waals surface area contributed by atoms with Crippen molar-refractivity contribution in [2.45, 2.75) is 30.7 Å². The number of aliphatic hydroxyl groups is 4. The Hall–Kier alpha value is -1.71. The van der Waals surface area contributed by atoms with Crippen molar-refractivity contribution < 1.29 is 34.7 Å². The van der Waals surface area contributed by atoms with Crippen LogP contribution >= 0.6 is 0 Å². The van der Waals surface area contributed by atoms with Gasteiger partial charge in [0.2, 0.25) is 6.29 Å². The van der Waals surface area contributed by atoms with E-state index < -0.39 is 37.3 Å². The van der Waals surface area contributed by atoms with Crippen LogP contribution in [0.3, 0.4) is 0 Å². The third-order valence-electron chi connectivity index (χ3n) is 3.29. The Kier molecular flexibility index (Phi) is 5.69. The first-order chi connectivity index (χ1) is 10.6. The van der Waals surface area contributed by atoms with Gasteiger partial charge in [0, 0.05) is 0 Å². The highest BCUT2D eigenvalue weighted by Crippen LogP contribution is 2.24. The van der Waals surface area contributed by atoms with Gasteiger partial charge in [-0.1, -0.05) is 5.16 Å². The molecule has 2 rings (SSSR count). The summed E-state index contributed by atoms with van der Waals surface area (Å²) in [6.07, 6.45) is -5.01. The smallest absolute Gasteiger partial charge is 0.229 e. The third-order valence-corrected chi connectivity index (χ3v) is 3.29. The van der Waals surface area contributed by atoms with E-state index in [1.54, 1.807) is 24.3 Å². The van der Waals surface area contributed by atoms with Crippen molar-refractivity contribution in [2.24, 2.45) is 5.16 Å². The van der Waals surface area contributed by atoms with Crippen molar-refractivity contribution in [1.82, 2.24) is 0 Å². The van der Waals surface area contributed by atoms with Gasteiger partial charge in [-0.3, -0.25) is 0 Å². The highest BCUT2D eigenvalue weighted by atomic mass is 16.7. The summed E-state index contributed by atoms with van der Waals surface area (Å²) in [5, 5.41) is 42.0. The first kappa shape index (κ1) is 16.7. The van der Waals surface area contributed by atoms with E-state index in [9.17, 15) is 15.3 Å². The van der Waals surface area contributed by atoms with Gasteiger partial charge < -0.3 is 34.7 Å². The molecule has 0 aromatic heterocycles. The summed E-state index contributed by atoms with van der Waals surface area (Å²) in [6, 6.07) is 6.67. The average Bonchev–Trinajstić information content (AvgIpc) is 2.54. The number of aliphatic hydroxyl groups excluding tert-OH is 4. The van der Waals surface area contributed by atoms with Crippen LogP contribution in [0.2, 0.25) is 0 Å². The summed E-state index contributed by atoms with van der Waals surface area (Å²) in [5.41, 5.74) is 0.781. The number of hydrogen-bond donors (Lipinski definition) is 4. The van der Waals surface area contributed by atoms with E-state index in [4.69, 9.17) is 14.6 Å². The largest absolute Gasteiger partial charge is 0.462 e. The zero-order valence-corrected chi connectivity index (χ0v) is 11.9. The molecule has 1 fully saturated rings. The summed E-state index contributed by atoms with van der Waals surface area (Å²) in [4.78, 5) is 4.57. The zero-order valence-electron chi connectivity index (χ0n) is 11.9.